The highest BCUT2D eigenvalue weighted by Crippen LogP contribution is 2.35. The van der Waals surface area contributed by atoms with Gasteiger partial charge in [0.25, 0.3) is 0 Å². The zero-order valence-electron chi connectivity index (χ0n) is 18.4. The summed E-state index contributed by atoms with van der Waals surface area (Å²) in [6.45, 7) is 8.65. The van der Waals surface area contributed by atoms with E-state index in [-0.39, 0.29) is 47.3 Å². The minimum atomic E-state index is -0.444. The Balaban J connectivity index is 1.57. The maximum absolute atomic E-state index is 13.2. The van der Waals surface area contributed by atoms with Gasteiger partial charge in [-0.25, -0.2) is 0 Å². The van der Waals surface area contributed by atoms with Crippen LogP contribution in [0.25, 0.3) is 0 Å². The second kappa shape index (κ2) is 8.57. The van der Waals surface area contributed by atoms with Crippen LogP contribution in [0.15, 0.2) is 0 Å². The molecule has 2 atom stereocenters. The second-order valence-electron chi connectivity index (χ2n) is 10.2. The molecular formula is C23H36N2O4. The first-order chi connectivity index (χ1) is 13.6. The van der Waals surface area contributed by atoms with E-state index >= 15 is 0 Å². The fourth-order valence-electron chi connectivity index (χ4n) is 5.31. The van der Waals surface area contributed by atoms with Crippen molar-refractivity contribution in [2.45, 2.75) is 91.1 Å². The Morgan fingerprint density at radius 3 is 1.52 bits per heavy atom. The number of hydrogen-bond acceptors (Lipinski definition) is 4. The molecule has 6 heteroatoms. The lowest BCUT2D eigenvalue weighted by Crippen LogP contribution is -2.48. The van der Waals surface area contributed by atoms with Crippen LogP contribution in [0.4, 0.5) is 0 Å². The summed E-state index contributed by atoms with van der Waals surface area (Å²) in [5.74, 6) is 0.244. The lowest BCUT2D eigenvalue weighted by molar-refractivity contribution is -0.146. The molecule has 1 aliphatic carbocycles. The Bertz CT molecular complexity index is 673. The Kier molecular flexibility index (Phi) is 6.49. The van der Waals surface area contributed by atoms with Crippen molar-refractivity contribution in [2.24, 2.45) is 17.3 Å². The molecule has 2 heterocycles. The molecule has 0 aromatic rings. The largest absolute Gasteiger partial charge is 0.332 e. The summed E-state index contributed by atoms with van der Waals surface area (Å²) in [6.07, 6.45) is 6.09. The van der Waals surface area contributed by atoms with Crippen LogP contribution in [-0.4, -0.2) is 58.4 Å². The lowest BCUT2D eigenvalue weighted by atomic mass is 9.80. The van der Waals surface area contributed by atoms with Gasteiger partial charge < -0.3 is 9.80 Å². The maximum atomic E-state index is 13.2. The summed E-state index contributed by atoms with van der Waals surface area (Å²) in [5, 5.41) is 0. The normalized spacial score (nSPS) is 30.5. The van der Waals surface area contributed by atoms with Crippen LogP contribution in [0.5, 0.6) is 0 Å². The average Bonchev–Trinajstić information content (AvgIpc) is 3.35. The van der Waals surface area contributed by atoms with Crippen LogP contribution in [-0.2, 0) is 19.2 Å². The highest BCUT2D eigenvalue weighted by Gasteiger charge is 2.43. The molecule has 0 spiro atoms. The van der Waals surface area contributed by atoms with E-state index in [2.05, 4.69) is 0 Å². The zero-order chi connectivity index (χ0) is 21.3. The molecule has 3 aliphatic rings. The summed E-state index contributed by atoms with van der Waals surface area (Å²) < 4.78 is 0. The van der Waals surface area contributed by atoms with Crippen molar-refractivity contribution in [3.05, 3.63) is 0 Å². The third-order valence-electron chi connectivity index (χ3n) is 7.01. The number of ketones is 2. The minimum absolute atomic E-state index is 0.0725. The number of nitrogens with zero attached hydrogens (tertiary/aromatic N) is 2. The van der Waals surface area contributed by atoms with Gasteiger partial charge in [-0.05, 0) is 58.3 Å². The number of Topliss-reactive ketones (excluding diaryl/α,β-unsaturated/α-hetero) is 2. The lowest BCUT2D eigenvalue weighted by Gasteiger charge is -2.35. The first-order valence-electron chi connectivity index (χ1n) is 11.3. The van der Waals surface area contributed by atoms with E-state index in [1.54, 1.807) is 11.8 Å². The molecule has 2 aliphatic heterocycles. The molecule has 6 nitrogen and oxygen atoms in total. The average molecular weight is 405 g/mol. The molecule has 0 N–H and O–H groups in total. The summed E-state index contributed by atoms with van der Waals surface area (Å²) in [6, 6.07) is -0.543. The van der Waals surface area contributed by atoms with E-state index < -0.39 is 5.41 Å². The number of likely N-dealkylation sites (tertiary alicyclic amines) is 2. The molecule has 162 valence electrons. The highest BCUT2D eigenvalue weighted by molar-refractivity contribution is 5.93. The number of carbonyl (C=O) groups is 4. The Morgan fingerprint density at radius 1 is 0.690 bits per heavy atom. The summed E-state index contributed by atoms with van der Waals surface area (Å²) in [7, 11) is 0. The number of hydrogen-bond donors (Lipinski definition) is 0. The third-order valence-corrected chi connectivity index (χ3v) is 7.01. The van der Waals surface area contributed by atoms with Crippen molar-refractivity contribution >= 4 is 23.4 Å². The highest BCUT2D eigenvalue weighted by atomic mass is 16.2. The van der Waals surface area contributed by atoms with Gasteiger partial charge in [0.05, 0.1) is 12.1 Å². The van der Waals surface area contributed by atoms with Gasteiger partial charge in [0, 0.05) is 30.3 Å². The van der Waals surface area contributed by atoms with Crippen molar-refractivity contribution in [1.82, 2.24) is 9.80 Å². The fraction of sp³-hybridized carbons (Fsp3) is 0.826. The van der Waals surface area contributed by atoms with Crippen LogP contribution in [0.2, 0.25) is 0 Å². The Labute approximate surface area is 174 Å². The van der Waals surface area contributed by atoms with Crippen LogP contribution >= 0.6 is 0 Å². The molecule has 0 unspecified atom stereocenters. The van der Waals surface area contributed by atoms with E-state index in [1.165, 1.54) is 0 Å². The third kappa shape index (κ3) is 4.56. The van der Waals surface area contributed by atoms with E-state index in [0.29, 0.717) is 38.8 Å². The van der Waals surface area contributed by atoms with Crippen LogP contribution in [0.3, 0.4) is 0 Å². The minimum Gasteiger partial charge on any atom is -0.332 e. The first kappa shape index (κ1) is 22.0. The van der Waals surface area contributed by atoms with Gasteiger partial charge in [-0.2, -0.15) is 0 Å². The molecule has 1 saturated carbocycles. The predicted octanol–water partition coefficient (Wildman–Crippen LogP) is 2.98. The van der Waals surface area contributed by atoms with Crippen molar-refractivity contribution < 1.29 is 19.2 Å². The smallest absolute Gasteiger partial charge is 0.226 e. The second-order valence-corrected chi connectivity index (χ2v) is 10.2. The maximum Gasteiger partial charge on any atom is 0.226 e. The van der Waals surface area contributed by atoms with Gasteiger partial charge in [0.2, 0.25) is 11.8 Å². The van der Waals surface area contributed by atoms with Crippen LogP contribution in [0.1, 0.15) is 79.1 Å². The fourth-order valence-corrected chi connectivity index (χ4v) is 5.31. The molecule has 0 aromatic carbocycles. The van der Waals surface area contributed by atoms with E-state index in [1.807, 2.05) is 25.7 Å². The van der Waals surface area contributed by atoms with E-state index in [4.69, 9.17) is 0 Å². The summed E-state index contributed by atoms with van der Waals surface area (Å²) in [4.78, 5) is 54.3. The summed E-state index contributed by atoms with van der Waals surface area (Å²) in [5.41, 5.74) is -0.444. The van der Waals surface area contributed by atoms with Gasteiger partial charge in [0.1, 0.15) is 0 Å². The van der Waals surface area contributed by atoms with Crippen LogP contribution in [0, 0.1) is 17.3 Å². The number of carbonyl (C=O) groups excluding carboxylic acids is 4. The predicted molar refractivity (Wildman–Crippen MR) is 110 cm³/mol. The van der Waals surface area contributed by atoms with Crippen molar-refractivity contribution in [3.8, 4) is 0 Å². The van der Waals surface area contributed by atoms with E-state index in [9.17, 15) is 19.2 Å². The standard InChI is InChI=1S/C23H36N2O4/c1-15(26)18-7-5-13-24(18)21(28)16-9-11-17(12-10-16)22(29)25-14-6-8-19(25)20(27)23(2,3)4/h16-19H,5-14H2,1-4H3/t16-,17-,18-,19-/m0/s1. The molecule has 3 fully saturated rings. The van der Waals surface area contributed by atoms with Crippen molar-refractivity contribution in [2.75, 3.05) is 13.1 Å². The van der Waals surface area contributed by atoms with Gasteiger partial charge in [-0.3, -0.25) is 19.2 Å². The molecule has 0 radical (unpaired) electrons. The monoisotopic (exact) mass is 404 g/mol. The molecule has 29 heavy (non-hydrogen) atoms. The number of amides is 2. The summed E-state index contributed by atoms with van der Waals surface area (Å²) >= 11 is 0. The topological polar surface area (TPSA) is 74.8 Å². The van der Waals surface area contributed by atoms with Crippen molar-refractivity contribution in [3.63, 3.8) is 0 Å². The molecule has 0 bridgehead atoms. The molecule has 2 amide bonds. The van der Waals surface area contributed by atoms with Gasteiger partial charge in [-0.15, -0.1) is 0 Å². The molecule has 2 saturated heterocycles. The molecule has 0 aromatic heterocycles. The molecular weight excluding hydrogens is 368 g/mol. The Hall–Kier alpha value is -1.72. The first-order valence-corrected chi connectivity index (χ1v) is 11.3. The van der Waals surface area contributed by atoms with Crippen LogP contribution < -0.4 is 0 Å². The zero-order valence-corrected chi connectivity index (χ0v) is 18.4. The quantitative estimate of drug-likeness (QED) is 0.722. The SMILES string of the molecule is CC(=O)[C@@H]1CCCN1C(=O)[C@H]1CC[C@H](C(=O)N2CCC[C@H]2C(=O)C(C)(C)C)CC1. The van der Waals surface area contributed by atoms with Gasteiger partial charge in [0.15, 0.2) is 11.6 Å². The molecule has 3 rings (SSSR count). The van der Waals surface area contributed by atoms with Gasteiger partial charge in [-0.1, -0.05) is 20.8 Å². The van der Waals surface area contributed by atoms with E-state index in [0.717, 1.165) is 25.7 Å². The number of rotatable bonds is 4. The van der Waals surface area contributed by atoms with Crippen molar-refractivity contribution in [1.29, 1.82) is 0 Å². The Morgan fingerprint density at radius 2 is 1.10 bits per heavy atom. The van der Waals surface area contributed by atoms with Gasteiger partial charge >= 0.3 is 0 Å².